The highest BCUT2D eigenvalue weighted by molar-refractivity contribution is 5.94. The first-order chi connectivity index (χ1) is 9.59. The van der Waals surface area contributed by atoms with Gasteiger partial charge in [-0.05, 0) is 12.1 Å². The van der Waals surface area contributed by atoms with Gasteiger partial charge in [0, 0.05) is 25.7 Å². The normalized spacial score (nSPS) is 18.6. The van der Waals surface area contributed by atoms with Crippen LogP contribution in [0.25, 0.3) is 0 Å². The Labute approximate surface area is 117 Å². The Morgan fingerprint density at radius 2 is 2.10 bits per heavy atom. The maximum atomic E-state index is 12.5. The minimum absolute atomic E-state index is 0.0855. The summed E-state index contributed by atoms with van der Waals surface area (Å²) in [4.78, 5) is 26.2. The zero-order chi connectivity index (χ0) is 14.5. The molecule has 1 fully saturated rings. The van der Waals surface area contributed by atoms with E-state index in [1.54, 1.807) is 17.0 Å². The Morgan fingerprint density at radius 1 is 1.40 bits per heavy atom. The number of nitrogens with zero attached hydrogens (tertiary/aromatic N) is 2. The van der Waals surface area contributed by atoms with Gasteiger partial charge in [-0.15, -0.1) is 0 Å². The van der Waals surface area contributed by atoms with Crippen LogP contribution in [0.3, 0.4) is 0 Å². The number of hydrogen-bond donors (Lipinski definition) is 1. The second-order valence-corrected chi connectivity index (χ2v) is 4.76. The summed E-state index contributed by atoms with van der Waals surface area (Å²) in [6.07, 6.45) is -1.01. The summed E-state index contributed by atoms with van der Waals surface area (Å²) in [6.45, 7) is 1.56. The third kappa shape index (κ3) is 3.27. The van der Waals surface area contributed by atoms with E-state index < -0.39 is 6.09 Å². The lowest BCUT2D eigenvalue weighted by Crippen LogP contribution is -2.53. The number of carbonyl (C=O) groups is 2. The first-order valence-electron chi connectivity index (χ1n) is 6.47. The van der Waals surface area contributed by atoms with E-state index in [0.29, 0.717) is 25.3 Å². The van der Waals surface area contributed by atoms with Gasteiger partial charge in [0.05, 0.1) is 19.3 Å². The Hall–Kier alpha value is -2.08. The lowest BCUT2D eigenvalue weighted by atomic mass is 10.1. The van der Waals surface area contributed by atoms with Gasteiger partial charge in [-0.25, -0.2) is 4.79 Å². The van der Waals surface area contributed by atoms with E-state index >= 15 is 0 Å². The molecule has 0 saturated carbocycles. The molecule has 1 aromatic rings. The molecule has 6 nitrogen and oxygen atoms in total. The highest BCUT2D eigenvalue weighted by atomic mass is 16.5. The fraction of sp³-hybridized carbons (Fsp3) is 0.429. The Bertz CT molecular complexity index is 477. The highest BCUT2D eigenvalue weighted by Gasteiger charge is 2.29. The first-order valence-corrected chi connectivity index (χ1v) is 6.47. The quantitative estimate of drug-likeness (QED) is 0.900. The highest BCUT2D eigenvalue weighted by Crippen LogP contribution is 2.13. The maximum absolute atomic E-state index is 12.5. The maximum Gasteiger partial charge on any atom is 0.407 e. The SMILES string of the molecule is CN(CC1COCCN1C(=O)c1ccccc1)C(=O)O. The van der Waals surface area contributed by atoms with Crippen LogP contribution in [-0.2, 0) is 4.74 Å². The van der Waals surface area contributed by atoms with E-state index in [1.165, 1.54) is 11.9 Å². The van der Waals surface area contributed by atoms with E-state index in [-0.39, 0.29) is 18.5 Å². The zero-order valence-corrected chi connectivity index (χ0v) is 11.4. The van der Waals surface area contributed by atoms with Gasteiger partial charge < -0.3 is 19.6 Å². The minimum Gasteiger partial charge on any atom is -0.465 e. The van der Waals surface area contributed by atoms with Crippen LogP contribution in [0.4, 0.5) is 4.79 Å². The zero-order valence-electron chi connectivity index (χ0n) is 11.4. The van der Waals surface area contributed by atoms with Crippen molar-refractivity contribution in [1.29, 1.82) is 0 Å². The molecule has 0 aliphatic carbocycles. The average Bonchev–Trinajstić information content (AvgIpc) is 2.48. The molecule has 0 spiro atoms. The number of amides is 2. The standard InChI is InChI=1S/C14H18N2O4/c1-15(14(18)19)9-12-10-20-8-7-16(12)13(17)11-5-3-2-4-6-11/h2-6,12H,7-10H2,1H3,(H,18,19). The summed E-state index contributed by atoms with van der Waals surface area (Å²) < 4.78 is 5.37. The van der Waals surface area contributed by atoms with Crippen molar-refractivity contribution in [2.24, 2.45) is 0 Å². The van der Waals surface area contributed by atoms with Gasteiger partial charge in [0.1, 0.15) is 0 Å². The molecule has 20 heavy (non-hydrogen) atoms. The monoisotopic (exact) mass is 278 g/mol. The molecule has 1 aromatic carbocycles. The molecule has 6 heteroatoms. The second-order valence-electron chi connectivity index (χ2n) is 4.76. The van der Waals surface area contributed by atoms with Crippen LogP contribution in [0.1, 0.15) is 10.4 Å². The summed E-state index contributed by atoms with van der Waals surface area (Å²) in [5.41, 5.74) is 0.609. The van der Waals surface area contributed by atoms with Crippen molar-refractivity contribution in [3.8, 4) is 0 Å². The molecule has 2 rings (SSSR count). The van der Waals surface area contributed by atoms with Crippen molar-refractivity contribution >= 4 is 12.0 Å². The van der Waals surface area contributed by atoms with E-state index in [1.807, 2.05) is 18.2 Å². The van der Waals surface area contributed by atoms with Crippen LogP contribution in [0.5, 0.6) is 0 Å². The molecule has 1 unspecified atom stereocenters. The number of rotatable bonds is 3. The Kier molecular flexibility index (Phi) is 4.57. The van der Waals surface area contributed by atoms with E-state index in [2.05, 4.69) is 0 Å². The molecule has 0 radical (unpaired) electrons. The molecule has 1 saturated heterocycles. The lowest BCUT2D eigenvalue weighted by molar-refractivity contribution is -0.00899. The number of benzene rings is 1. The predicted molar refractivity (Wildman–Crippen MR) is 72.7 cm³/mol. The lowest BCUT2D eigenvalue weighted by Gasteiger charge is -2.37. The average molecular weight is 278 g/mol. The molecule has 0 aromatic heterocycles. The van der Waals surface area contributed by atoms with Gasteiger partial charge in [0.15, 0.2) is 0 Å². The Morgan fingerprint density at radius 3 is 2.75 bits per heavy atom. The van der Waals surface area contributed by atoms with Gasteiger partial charge >= 0.3 is 6.09 Å². The Balaban J connectivity index is 2.10. The van der Waals surface area contributed by atoms with Crippen molar-refractivity contribution in [3.63, 3.8) is 0 Å². The van der Waals surface area contributed by atoms with Crippen LogP contribution in [0.2, 0.25) is 0 Å². The summed E-state index contributed by atoms with van der Waals surface area (Å²) in [5, 5.41) is 8.94. The number of carbonyl (C=O) groups excluding carboxylic acids is 1. The molecule has 1 atom stereocenters. The van der Waals surface area contributed by atoms with Crippen LogP contribution in [-0.4, -0.2) is 66.3 Å². The van der Waals surface area contributed by atoms with Crippen LogP contribution < -0.4 is 0 Å². The second kappa shape index (κ2) is 6.38. The van der Waals surface area contributed by atoms with Crippen molar-refractivity contribution in [2.75, 3.05) is 33.4 Å². The number of morpholine rings is 1. The van der Waals surface area contributed by atoms with Gasteiger partial charge in [-0.1, -0.05) is 18.2 Å². The molecule has 1 heterocycles. The van der Waals surface area contributed by atoms with E-state index in [9.17, 15) is 9.59 Å². The van der Waals surface area contributed by atoms with Crippen molar-refractivity contribution < 1.29 is 19.4 Å². The summed E-state index contributed by atoms with van der Waals surface area (Å²) >= 11 is 0. The fourth-order valence-corrected chi connectivity index (χ4v) is 2.21. The molecular weight excluding hydrogens is 260 g/mol. The van der Waals surface area contributed by atoms with Crippen molar-refractivity contribution in [3.05, 3.63) is 35.9 Å². The van der Waals surface area contributed by atoms with Crippen LogP contribution in [0.15, 0.2) is 30.3 Å². The fourth-order valence-electron chi connectivity index (χ4n) is 2.21. The summed E-state index contributed by atoms with van der Waals surface area (Å²) in [5.74, 6) is -0.0855. The molecule has 1 N–H and O–H groups in total. The first kappa shape index (κ1) is 14.3. The van der Waals surface area contributed by atoms with E-state index in [0.717, 1.165) is 0 Å². The molecule has 108 valence electrons. The molecule has 2 amide bonds. The molecule has 1 aliphatic rings. The summed E-state index contributed by atoms with van der Waals surface area (Å²) in [7, 11) is 1.49. The molecule has 0 bridgehead atoms. The van der Waals surface area contributed by atoms with Crippen molar-refractivity contribution in [1.82, 2.24) is 9.80 Å². The summed E-state index contributed by atoms with van der Waals surface area (Å²) in [6, 6.07) is 8.74. The molecule has 1 aliphatic heterocycles. The minimum atomic E-state index is -1.01. The third-order valence-electron chi connectivity index (χ3n) is 3.32. The van der Waals surface area contributed by atoms with Crippen molar-refractivity contribution in [2.45, 2.75) is 6.04 Å². The van der Waals surface area contributed by atoms with Gasteiger partial charge in [-0.2, -0.15) is 0 Å². The number of hydrogen-bond acceptors (Lipinski definition) is 3. The van der Waals surface area contributed by atoms with Crippen LogP contribution >= 0.6 is 0 Å². The number of ether oxygens (including phenoxy) is 1. The smallest absolute Gasteiger partial charge is 0.407 e. The number of likely N-dealkylation sites (N-methyl/N-ethyl adjacent to an activating group) is 1. The van der Waals surface area contributed by atoms with Gasteiger partial charge in [-0.3, -0.25) is 4.79 Å². The third-order valence-corrected chi connectivity index (χ3v) is 3.32. The topological polar surface area (TPSA) is 70.1 Å². The van der Waals surface area contributed by atoms with Gasteiger partial charge in [0.25, 0.3) is 5.91 Å². The largest absolute Gasteiger partial charge is 0.465 e. The number of carboxylic acid groups (broad SMARTS) is 1. The van der Waals surface area contributed by atoms with Gasteiger partial charge in [0.2, 0.25) is 0 Å². The van der Waals surface area contributed by atoms with E-state index in [4.69, 9.17) is 9.84 Å². The predicted octanol–water partition coefficient (Wildman–Crippen LogP) is 1.14. The molecular formula is C14H18N2O4. The van der Waals surface area contributed by atoms with Crippen LogP contribution in [0, 0.1) is 0 Å².